The zero-order valence-electron chi connectivity index (χ0n) is 14.6. The van der Waals surface area contributed by atoms with Crippen LogP contribution in [-0.4, -0.2) is 74.0 Å². The van der Waals surface area contributed by atoms with E-state index in [0.717, 1.165) is 9.80 Å². The molecule has 0 unspecified atom stereocenters. The lowest BCUT2D eigenvalue weighted by Gasteiger charge is -2.21. The monoisotopic (exact) mass is 340 g/mol. The van der Waals surface area contributed by atoms with Crippen LogP contribution in [0.2, 0.25) is 0 Å². The second-order valence-electron chi connectivity index (χ2n) is 5.29. The molecule has 8 nitrogen and oxygen atoms in total. The van der Waals surface area contributed by atoms with Gasteiger partial charge in [0.15, 0.2) is 0 Å². The third kappa shape index (κ3) is 7.57. The lowest BCUT2D eigenvalue weighted by atomic mass is 10.3. The van der Waals surface area contributed by atoms with Crippen molar-refractivity contribution in [2.45, 2.75) is 13.8 Å². The number of amides is 2. The van der Waals surface area contributed by atoms with Gasteiger partial charge in [-0.2, -0.15) is 0 Å². The first-order valence-corrected chi connectivity index (χ1v) is 7.23. The summed E-state index contributed by atoms with van der Waals surface area (Å²) in [6, 6.07) is 0. The Hall–Kier alpha value is -2.64. The number of carbonyl (C=O) groups excluding carboxylic acids is 4. The van der Waals surface area contributed by atoms with Gasteiger partial charge >= 0.3 is 23.8 Å². The van der Waals surface area contributed by atoms with Crippen molar-refractivity contribution in [2.24, 2.45) is 0 Å². The van der Waals surface area contributed by atoms with E-state index in [-0.39, 0.29) is 37.4 Å². The number of carbonyl (C=O) groups is 4. The maximum atomic E-state index is 12.0. The SMILES string of the molecule is C=C(C)C(=O)OCCN(C)C(=O)C(=O)N(C)CCOC(=O)C(=C)C. The van der Waals surface area contributed by atoms with Crippen LogP contribution < -0.4 is 0 Å². The minimum Gasteiger partial charge on any atom is -0.460 e. The molecule has 0 fully saturated rings. The topological polar surface area (TPSA) is 93.2 Å². The summed E-state index contributed by atoms with van der Waals surface area (Å²) in [5, 5.41) is 0. The first-order valence-electron chi connectivity index (χ1n) is 7.23. The average Bonchev–Trinajstić information content (AvgIpc) is 2.52. The zero-order valence-corrected chi connectivity index (χ0v) is 14.6. The predicted molar refractivity (Wildman–Crippen MR) is 86.8 cm³/mol. The molecule has 0 atom stereocenters. The molecule has 0 aliphatic heterocycles. The third-order valence-electron chi connectivity index (χ3n) is 2.89. The quantitative estimate of drug-likeness (QED) is 0.354. The Kier molecular flexibility index (Phi) is 9.07. The molecule has 0 heterocycles. The van der Waals surface area contributed by atoms with Gasteiger partial charge in [0, 0.05) is 25.2 Å². The number of rotatable bonds is 8. The summed E-state index contributed by atoms with van der Waals surface area (Å²) in [6.45, 7) is 9.95. The summed E-state index contributed by atoms with van der Waals surface area (Å²) in [5.41, 5.74) is 0.508. The minimum atomic E-state index is -0.755. The summed E-state index contributed by atoms with van der Waals surface area (Å²) in [7, 11) is 2.84. The predicted octanol–water partition coefficient (Wildman–Crippen LogP) is 0.142. The molecular weight excluding hydrogens is 316 g/mol. The van der Waals surface area contributed by atoms with Gasteiger partial charge in [0.25, 0.3) is 0 Å². The Morgan fingerprint density at radius 3 is 1.29 bits per heavy atom. The van der Waals surface area contributed by atoms with E-state index in [4.69, 9.17) is 9.47 Å². The van der Waals surface area contributed by atoms with E-state index >= 15 is 0 Å². The number of esters is 2. The van der Waals surface area contributed by atoms with Crippen molar-refractivity contribution in [1.82, 2.24) is 9.80 Å². The van der Waals surface area contributed by atoms with E-state index in [1.54, 1.807) is 0 Å². The smallest absolute Gasteiger partial charge is 0.333 e. The molecule has 0 bridgehead atoms. The summed E-state index contributed by atoms with van der Waals surface area (Å²) in [6.07, 6.45) is 0. The van der Waals surface area contributed by atoms with Crippen LogP contribution in [0, 0.1) is 0 Å². The van der Waals surface area contributed by atoms with Gasteiger partial charge in [-0.3, -0.25) is 9.59 Å². The minimum absolute atomic E-state index is 0.0405. The fraction of sp³-hybridized carbons (Fsp3) is 0.500. The second-order valence-corrected chi connectivity index (χ2v) is 5.29. The zero-order chi connectivity index (χ0) is 18.9. The largest absolute Gasteiger partial charge is 0.460 e. The number of hydrogen-bond donors (Lipinski definition) is 0. The van der Waals surface area contributed by atoms with E-state index in [1.165, 1.54) is 27.9 Å². The van der Waals surface area contributed by atoms with Crippen molar-refractivity contribution >= 4 is 23.8 Å². The number of hydrogen-bond acceptors (Lipinski definition) is 6. The fourth-order valence-electron chi connectivity index (χ4n) is 1.33. The molecule has 0 aromatic carbocycles. The first-order chi connectivity index (χ1) is 11.1. The molecule has 0 saturated carbocycles. The molecule has 0 N–H and O–H groups in total. The van der Waals surface area contributed by atoms with Crippen LogP contribution in [0.4, 0.5) is 0 Å². The van der Waals surface area contributed by atoms with Gasteiger partial charge in [-0.15, -0.1) is 0 Å². The van der Waals surface area contributed by atoms with E-state index in [2.05, 4.69) is 13.2 Å². The highest BCUT2D eigenvalue weighted by molar-refractivity contribution is 6.34. The molecule has 0 rings (SSSR count). The molecule has 0 aromatic heterocycles. The summed E-state index contributed by atoms with van der Waals surface area (Å²) in [5.74, 6) is -2.62. The molecular formula is C16H24N2O6. The Morgan fingerprint density at radius 2 is 1.04 bits per heavy atom. The highest BCUT2D eigenvalue weighted by atomic mass is 16.5. The van der Waals surface area contributed by atoms with Crippen molar-refractivity contribution in [2.75, 3.05) is 40.4 Å². The first kappa shape index (κ1) is 21.4. The van der Waals surface area contributed by atoms with E-state index in [9.17, 15) is 19.2 Å². The van der Waals surface area contributed by atoms with Crippen molar-refractivity contribution in [1.29, 1.82) is 0 Å². The molecule has 134 valence electrons. The molecule has 0 radical (unpaired) electrons. The number of likely N-dealkylation sites (N-methyl/N-ethyl adjacent to an activating group) is 2. The molecule has 8 heteroatoms. The van der Waals surface area contributed by atoms with Crippen LogP contribution >= 0.6 is 0 Å². The normalized spacial score (nSPS) is 9.67. The van der Waals surface area contributed by atoms with E-state index in [0.29, 0.717) is 0 Å². The molecule has 0 spiro atoms. The van der Waals surface area contributed by atoms with Gasteiger partial charge in [-0.05, 0) is 13.8 Å². The second kappa shape index (κ2) is 10.2. The molecule has 2 amide bonds. The van der Waals surface area contributed by atoms with Crippen LogP contribution in [0.25, 0.3) is 0 Å². The lowest BCUT2D eigenvalue weighted by molar-refractivity contribution is -0.152. The maximum absolute atomic E-state index is 12.0. The highest BCUT2D eigenvalue weighted by Crippen LogP contribution is 1.97. The average molecular weight is 340 g/mol. The molecule has 0 aliphatic rings. The summed E-state index contributed by atoms with van der Waals surface area (Å²) >= 11 is 0. The highest BCUT2D eigenvalue weighted by Gasteiger charge is 2.22. The van der Waals surface area contributed by atoms with Gasteiger partial charge in [-0.1, -0.05) is 13.2 Å². The maximum Gasteiger partial charge on any atom is 0.333 e. The van der Waals surface area contributed by atoms with E-state index in [1.807, 2.05) is 0 Å². The third-order valence-corrected chi connectivity index (χ3v) is 2.89. The number of nitrogens with zero attached hydrogens (tertiary/aromatic N) is 2. The van der Waals surface area contributed by atoms with Crippen LogP contribution in [-0.2, 0) is 28.7 Å². The van der Waals surface area contributed by atoms with Gasteiger partial charge < -0.3 is 19.3 Å². The standard InChI is InChI=1S/C16H24N2O6/c1-11(2)15(21)23-9-7-17(5)13(19)14(20)18(6)8-10-24-16(22)12(3)4/h1,3,7-10H2,2,4-6H3. The Morgan fingerprint density at radius 1 is 0.750 bits per heavy atom. The van der Waals surface area contributed by atoms with Gasteiger partial charge in [-0.25, -0.2) is 9.59 Å². The molecule has 0 aliphatic carbocycles. The fourth-order valence-corrected chi connectivity index (χ4v) is 1.33. The molecule has 24 heavy (non-hydrogen) atoms. The van der Waals surface area contributed by atoms with Crippen LogP contribution in [0.3, 0.4) is 0 Å². The Labute approximate surface area is 141 Å². The number of ether oxygens (including phenoxy) is 2. The van der Waals surface area contributed by atoms with Crippen molar-refractivity contribution in [3.8, 4) is 0 Å². The van der Waals surface area contributed by atoms with Crippen LogP contribution in [0.15, 0.2) is 24.3 Å². The molecule has 0 aromatic rings. The van der Waals surface area contributed by atoms with Gasteiger partial charge in [0.05, 0.1) is 13.1 Å². The summed E-state index contributed by atoms with van der Waals surface area (Å²) < 4.78 is 9.71. The van der Waals surface area contributed by atoms with Crippen molar-refractivity contribution in [3.05, 3.63) is 24.3 Å². The lowest BCUT2D eigenvalue weighted by Crippen LogP contribution is -2.44. The molecule has 0 saturated heterocycles. The van der Waals surface area contributed by atoms with Crippen molar-refractivity contribution < 1.29 is 28.7 Å². The Balaban J connectivity index is 4.25. The van der Waals surface area contributed by atoms with Gasteiger partial charge in [0.1, 0.15) is 13.2 Å². The summed E-state index contributed by atoms with van der Waals surface area (Å²) in [4.78, 5) is 48.6. The van der Waals surface area contributed by atoms with E-state index < -0.39 is 23.8 Å². The van der Waals surface area contributed by atoms with Gasteiger partial charge in [0.2, 0.25) is 0 Å². The van der Waals surface area contributed by atoms with Crippen molar-refractivity contribution in [3.63, 3.8) is 0 Å². The van der Waals surface area contributed by atoms with Crippen LogP contribution in [0.1, 0.15) is 13.8 Å². The Bertz CT molecular complexity index is 493. The van der Waals surface area contributed by atoms with Crippen LogP contribution in [0.5, 0.6) is 0 Å².